The van der Waals surface area contributed by atoms with Crippen LogP contribution in [0.3, 0.4) is 0 Å². The van der Waals surface area contributed by atoms with E-state index in [2.05, 4.69) is 39.3 Å². The maximum absolute atomic E-state index is 4.36. The Labute approximate surface area is 172 Å². The lowest BCUT2D eigenvalue weighted by Gasteiger charge is -2.34. The van der Waals surface area contributed by atoms with Crippen molar-refractivity contribution in [2.24, 2.45) is 16.8 Å². The second kappa shape index (κ2) is 13.1. The van der Waals surface area contributed by atoms with Crippen LogP contribution in [-0.2, 0) is 0 Å². The first-order chi connectivity index (χ1) is 11.7. The van der Waals surface area contributed by atoms with Crippen molar-refractivity contribution in [2.45, 2.75) is 46.0 Å². The van der Waals surface area contributed by atoms with E-state index >= 15 is 0 Å². The Morgan fingerprint density at radius 1 is 1.04 bits per heavy atom. The van der Waals surface area contributed by atoms with E-state index in [0.29, 0.717) is 0 Å². The monoisotopic (exact) mass is 465 g/mol. The van der Waals surface area contributed by atoms with Crippen LogP contribution in [0, 0.1) is 11.8 Å². The van der Waals surface area contributed by atoms with Crippen molar-refractivity contribution < 1.29 is 0 Å². The minimum Gasteiger partial charge on any atom is -0.356 e. The summed E-state index contributed by atoms with van der Waals surface area (Å²) in [4.78, 5) is 9.44. The van der Waals surface area contributed by atoms with E-state index in [0.717, 1.165) is 37.4 Å². The first kappa shape index (κ1) is 23.0. The van der Waals surface area contributed by atoms with Gasteiger partial charge in [0.05, 0.1) is 0 Å². The average molecular weight is 465 g/mol. The van der Waals surface area contributed by atoms with Crippen LogP contribution in [-0.4, -0.2) is 75.2 Å². The van der Waals surface area contributed by atoms with Crippen LogP contribution in [0.25, 0.3) is 0 Å². The molecule has 2 unspecified atom stereocenters. The van der Waals surface area contributed by atoms with Gasteiger partial charge in [-0.25, -0.2) is 0 Å². The van der Waals surface area contributed by atoms with Gasteiger partial charge in [0.15, 0.2) is 5.96 Å². The first-order valence-corrected chi connectivity index (χ1v) is 10.1. The van der Waals surface area contributed by atoms with Gasteiger partial charge in [0.2, 0.25) is 0 Å². The number of likely N-dealkylation sites (N-methyl/N-ethyl adjacent to an activating group) is 1. The highest BCUT2D eigenvalue weighted by Gasteiger charge is 2.18. The molecule has 25 heavy (non-hydrogen) atoms. The molecule has 0 spiro atoms. The summed E-state index contributed by atoms with van der Waals surface area (Å²) < 4.78 is 0. The predicted molar refractivity (Wildman–Crippen MR) is 119 cm³/mol. The molecule has 2 rings (SSSR count). The van der Waals surface area contributed by atoms with E-state index in [1.165, 1.54) is 64.8 Å². The summed E-state index contributed by atoms with van der Waals surface area (Å²) in [5.74, 6) is 2.80. The number of rotatable bonds is 7. The number of nitrogens with one attached hydrogen (secondary N) is 2. The highest BCUT2D eigenvalue weighted by molar-refractivity contribution is 14.0. The van der Waals surface area contributed by atoms with Crippen molar-refractivity contribution in [2.75, 3.05) is 59.4 Å². The maximum Gasteiger partial charge on any atom is 0.191 e. The molecule has 1 saturated heterocycles. The average Bonchev–Trinajstić information content (AvgIpc) is 2.61. The van der Waals surface area contributed by atoms with Crippen LogP contribution in [0.2, 0.25) is 0 Å². The van der Waals surface area contributed by atoms with Crippen molar-refractivity contribution in [1.29, 1.82) is 0 Å². The molecule has 0 bridgehead atoms. The number of hydrogen-bond donors (Lipinski definition) is 2. The molecule has 0 aromatic rings. The second-order valence-electron chi connectivity index (χ2n) is 7.63. The van der Waals surface area contributed by atoms with E-state index in [1.54, 1.807) is 0 Å². The summed E-state index contributed by atoms with van der Waals surface area (Å²) >= 11 is 0. The molecule has 2 fully saturated rings. The molecular formula is C19H40IN5. The van der Waals surface area contributed by atoms with Crippen molar-refractivity contribution in [3.8, 4) is 0 Å². The van der Waals surface area contributed by atoms with Gasteiger partial charge in [-0.3, -0.25) is 9.89 Å². The zero-order chi connectivity index (χ0) is 17.2. The Morgan fingerprint density at radius 3 is 2.36 bits per heavy atom. The Morgan fingerprint density at radius 2 is 1.72 bits per heavy atom. The number of nitrogens with zero attached hydrogens (tertiary/aromatic N) is 3. The zero-order valence-electron chi connectivity index (χ0n) is 16.6. The molecule has 2 N–H and O–H groups in total. The molecule has 0 amide bonds. The van der Waals surface area contributed by atoms with Gasteiger partial charge < -0.3 is 15.5 Å². The third-order valence-corrected chi connectivity index (χ3v) is 5.75. The highest BCUT2D eigenvalue weighted by Crippen LogP contribution is 2.30. The third kappa shape index (κ3) is 8.91. The number of aliphatic imine (C=N–C) groups is 1. The zero-order valence-corrected chi connectivity index (χ0v) is 18.9. The highest BCUT2D eigenvalue weighted by atomic mass is 127. The molecule has 1 aliphatic heterocycles. The molecule has 0 aromatic carbocycles. The Bertz CT molecular complexity index is 369. The summed E-state index contributed by atoms with van der Waals surface area (Å²) in [6, 6.07) is 0. The van der Waals surface area contributed by atoms with Crippen molar-refractivity contribution in [3.05, 3.63) is 0 Å². The molecule has 6 heteroatoms. The fourth-order valence-corrected chi connectivity index (χ4v) is 4.10. The minimum absolute atomic E-state index is 0. The summed E-state index contributed by atoms with van der Waals surface area (Å²) in [7, 11) is 1.87. The van der Waals surface area contributed by atoms with Crippen LogP contribution in [0.4, 0.5) is 0 Å². The number of hydrogen-bond acceptors (Lipinski definition) is 3. The largest absolute Gasteiger partial charge is 0.356 e. The normalized spacial score (nSPS) is 26.1. The molecule has 1 saturated carbocycles. The number of guanidine groups is 1. The van der Waals surface area contributed by atoms with Gasteiger partial charge in [0.1, 0.15) is 0 Å². The van der Waals surface area contributed by atoms with Crippen LogP contribution in [0.15, 0.2) is 4.99 Å². The fourth-order valence-electron chi connectivity index (χ4n) is 4.10. The van der Waals surface area contributed by atoms with E-state index in [4.69, 9.17) is 0 Å². The Kier molecular flexibility index (Phi) is 12.1. The first-order valence-electron chi connectivity index (χ1n) is 10.1. The van der Waals surface area contributed by atoms with Gasteiger partial charge in [0, 0.05) is 52.9 Å². The van der Waals surface area contributed by atoms with Crippen LogP contribution < -0.4 is 10.6 Å². The van der Waals surface area contributed by atoms with Crippen molar-refractivity contribution in [3.63, 3.8) is 0 Å². The summed E-state index contributed by atoms with van der Waals surface area (Å²) in [6.07, 6.45) is 6.97. The van der Waals surface area contributed by atoms with Gasteiger partial charge in [0.25, 0.3) is 0 Å². The number of piperazine rings is 1. The molecule has 0 aromatic heterocycles. The maximum atomic E-state index is 4.36. The summed E-state index contributed by atoms with van der Waals surface area (Å²) in [6.45, 7) is 13.8. The minimum atomic E-state index is 0. The number of halogens is 1. The van der Waals surface area contributed by atoms with Gasteiger partial charge in [-0.1, -0.05) is 33.1 Å². The molecule has 1 heterocycles. The molecule has 5 nitrogen and oxygen atoms in total. The predicted octanol–water partition coefficient (Wildman–Crippen LogP) is 2.62. The summed E-state index contributed by atoms with van der Waals surface area (Å²) in [5, 5.41) is 6.97. The van der Waals surface area contributed by atoms with Gasteiger partial charge in [-0.2, -0.15) is 0 Å². The van der Waals surface area contributed by atoms with E-state index in [-0.39, 0.29) is 24.0 Å². The molecule has 148 valence electrons. The SMILES string of the molecule is CCN1CCN(CCNC(=NC)NCCC2CCCC(C)C2)CC1.I. The molecular weight excluding hydrogens is 425 g/mol. The molecule has 2 atom stereocenters. The second-order valence-corrected chi connectivity index (χ2v) is 7.63. The molecule has 1 aliphatic carbocycles. The Hall–Kier alpha value is -0.0800. The van der Waals surface area contributed by atoms with Crippen molar-refractivity contribution >= 4 is 29.9 Å². The van der Waals surface area contributed by atoms with Crippen LogP contribution in [0.1, 0.15) is 46.0 Å². The summed E-state index contributed by atoms with van der Waals surface area (Å²) in [5.41, 5.74) is 0. The van der Waals surface area contributed by atoms with E-state index in [1.807, 2.05) is 7.05 Å². The smallest absolute Gasteiger partial charge is 0.191 e. The van der Waals surface area contributed by atoms with Gasteiger partial charge >= 0.3 is 0 Å². The standard InChI is InChI=1S/C19H39N5.HI/c1-4-23-12-14-24(15-13-23)11-10-22-19(20-3)21-9-8-18-7-5-6-17(2)16-18;/h17-18H,4-16H2,1-3H3,(H2,20,21,22);1H. The topological polar surface area (TPSA) is 42.9 Å². The van der Waals surface area contributed by atoms with E-state index in [9.17, 15) is 0 Å². The molecule has 0 radical (unpaired) electrons. The Balaban J connectivity index is 0.00000312. The lowest BCUT2D eigenvalue weighted by atomic mass is 9.81. The van der Waals surface area contributed by atoms with Crippen molar-refractivity contribution in [1.82, 2.24) is 20.4 Å². The van der Waals surface area contributed by atoms with Gasteiger partial charge in [-0.15, -0.1) is 24.0 Å². The fraction of sp³-hybridized carbons (Fsp3) is 0.947. The van der Waals surface area contributed by atoms with E-state index < -0.39 is 0 Å². The van der Waals surface area contributed by atoms with Gasteiger partial charge in [-0.05, 0) is 31.2 Å². The van der Waals surface area contributed by atoms with Crippen LogP contribution in [0.5, 0.6) is 0 Å². The lowest BCUT2D eigenvalue weighted by Crippen LogP contribution is -2.49. The molecule has 2 aliphatic rings. The third-order valence-electron chi connectivity index (χ3n) is 5.75. The van der Waals surface area contributed by atoms with Crippen LogP contribution >= 0.6 is 24.0 Å². The quantitative estimate of drug-likeness (QED) is 0.345. The lowest BCUT2D eigenvalue weighted by molar-refractivity contribution is 0.139.